The van der Waals surface area contributed by atoms with E-state index in [0.717, 1.165) is 17.3 Å². The molecule has 1 aromatic carbocycles. The van der Waals surface area contributed by atoms with Crippen LogP contribution in [-0.4, -0.2) is 6.61 Å². The molecule has 1 rings (SSSR count). The molecule has 80 valence electrons. The maximum Gasteiger partial charge on any atom is 0.142 e. The molecule has 0 radical (unpaired) electrons. The Hall–Kier alpha value is -1.21. The van der Waals surface area contributed by atoms with Gasteiger partial charge in [-0.15, -0.1) is 0 Å². The molecule has 0 atom stereocenters. The fraction of sp³-hybridized carbons (Fsp3) is 0.364. The number of halogens is 1. The fourth-order valence-corrected chi connectivity index (χ4v) is 1.52. The number of nitrogens with two attached hydrogens (primary N) is 1. The van der Waals surface area contributed by atoms with E-state index in [4.69, 9.17) is 15.7 Å². The van der Waals surface area contributed by atoms with Crippen LogP contribution in [0.4, 0.5) is 5.69 Å². The van der Waals surface area contributed by atoms with Crippen LogP contribution in [0.3, 0.4) is 0 Å². The van der Waals surface area contributed by atoms with Crippen molar-refractivity contribution in [2.75, 3.05) is 12.3 Å². The van der Waals surface area contributed by atoms with Crippen LogP contribution < -0.4 is 10.5 Å². The molecule has 0 spiro atoms. The molecule has 0 aliphatic heterocycles. The van der Waals surface area contributed by atoms with Gasteiger partial charge in [0.15, 0.2) is 0 Å². The van der Waals surface area contributed by atoms with Crippen LogP contribution in [0.15, 0.2) is 22.7 Å². The van der Waals surface area contributed by atoms with Crippen molar-refractivity contribution >= 4 is 21.6 Å². The van der Waals surface area contributed by atoms with Crippen molar-refractivity contribution in [3.05, 3.63) is 22.7 Å². The zero-order valence-electron chi connectivity index (χ0n) is 8.37. The number of nitriles is 1. The Morgan fingerprint density at radius 3 is 2.87 bits per heavy atom. The van der Waals surface area contributed by atoms with Crippen molar-refractivity contribution in [1.29, 1.82) is 5.26 Å². The number of hydrogen-bond donors (Lipinski definition) is 1. The molecule has 0 fully saturated rings. The quantitative estimate of drug-likeness (QED) is 0.660. The van der Waals surface area contributed by atoms with Crippen molar-refractivity contribution in [2.24, 2.45) is 0 Å². The summed E-state index contributed by atoms with van der Waals surface area (Å²) in [6.45, 7) is 0.605. The molecule has 15 heavy (non-hydrogen) atoms. The Balaban J connectivity index is 2.35. The summed E-state index contributed by atoms with van der Waals surface area (Å²) in [7, 11) is 0. The van der Waals surface area contributed by atoms with Crippen LogP contribution in [0.2, 0.25) is 0 Å². The summed E-state index contributed by atoms with van der Waals surface area (Å²) < 4.78 is 6.42. The standard InChI is InChI=1S/C11H13BrN2O/c12-9-4-5-11(10(14)8-9)15-7-3-1-2-6-13/h4-5,8H,1-3,7,14H2. The van der Waals surface area contributed by atoms with E-state index < -0.39 is 0 Å². The fourth-order valence-electron chi connectivity index (χ4n) is 1.14. The Kier molecular flexibility index (Phi) is 4.99. The van der Waals surface area contributed by atoms with Gasteiger partial charge in [0.05, 0.1) is 18.4 Å². The summed E-state index contributed by atoms with van der Waals surface area (Å²) in [6, 6.07) is 7.64. The molecule has 0 aromatic heterocycles. The van der Waals surface area contributed by atoms with Gasteiger partial charge in [0, 0.05) is 10.9 Å². The highest BCUT2D eigenvalue weighted by molar-refractivity contribution is 9.10. The highest BCUT2D eigenvalue weighted by Gasteiger charge is 2.00. The van der Waals surface area contributed by atoms with Crippen molar-refractivity contribution in [3.8, 4) is 11.8 Å². The first-order valence-corrected chi connectivity index (χ1v) is 5.58. The summed E-state index contributed by atoms with van der Waals surface area (Å²) in [5.41, 5.74) is 6.38. The Morgan fingerprint density at radius 2 is 2.20 bits per heavy atom. The monoisotopic (exact) mass is 268 g/mol. The second kappa shape index (κ2) is 6.31. The molecular weight excluding hydrogens is 256 g/mol. The molecule has 0 saturated heterocycles. The lowest BCUT2D eigenvalue weighted by molar-refractivity contribution is 0.309. The van der Waals surface area contributed by atoms with E-state index in [2.05, 4.69) is 22.0 Å². The van der Waals surface area contributed by atoms with E-state index in [9.17, 15) is 0 Å². The highest BCUT2D eigenvalue weighted by Crippen LogP contribution is 2.25. The van der Waals surface area contributed by atoms with Crippen LogP contribution in [-0.2, 0) is 0 Å². The SMILES string of the molecule is N#CCCCCOc1ccc(Br)cc1N. The molecule has 0 bridgehead atoms. The molecular formula is C11H13BrN2O. The van der Waals surface area contributed by atoms with Gasteiger partial charge >= 0.3 is 0 Å². The lowest BCUT2D eigenvalue weighted by Crippen LogP contribution is -2.00. The first kappa shape index (κ1) is 11.9. The average molecular weight is 269 g/mol. The summed E-state index contributed by atoms with van der Waals surface area (Å²) in [4.78, 5) is 0. The predicted octanol–water partition coefficient (Wildman–Crippen LogP) is 3.10. The maximum absolute atomic E-state index is 8.34. The van der Waals surface area contributed by atoms with E-state index in [0.29, 0.717) is 24.5 Å². The Morgan fingerprint density at radius 1 is 1.40 bits per heavy atom. The lowest BCUT2D eigenvalue weighted by atomic mass is 10.2. The van der Waals surface area contributed by atoms with Gasteiger partial charge in [-0.25, -0.2) is 0 Å². The number of nitrogens with zero attached hydrogens (tertiary/aromatic N) is 1. The van der Waals surface area contributed by atoms with Gasteiger partial charge in [-0.1, -0.05) is 15.9 Å². The van der Waals surface area contributed by atoms with E-state index in [1.165, 1.54) is 0 Å². The second-order valence-corrected chi connectivity index (χ2v) is 4.06. The average Bonchev–Trinajstić information content (AvgIpc) is 2.20. The highest BCUT2D eigenvalue weighted by atomic mass is 79.9. The van der Waals surface area contributed by atoms with Crippen LogP contribution in [0.1, 0.15) is 19.3 Å². The minimum Gasteiger partial charge on any atom is -0.491 e. The second-order valence-electron chi connectivity index (χ2n) is 3.15. The van der Waals surface area contributed by atoms with Gasteiger partial charge in [-0.2, -0.15) is 5.26 Å². The van der Waals surface area contributed by atoms with Gasteiger partial charge in [-0.05, 0) is 31.0 Å². The first-order valence-electron chi connectivity index (χ1n) is 4.79. The molecule has 0 unspecified atom stereocenters. The minimum absolute atomic E-state index is 0.583. The van der Waals surface area contributed by atoms with Crippen LogP contribution in [0, 0.1) is 11.3 Å². The third kappa shape index (κ3) is 4.22. The van der Waals surface area contributed by atoms with E-state index in [1.54, 1.807) is 0 Å². The van der Waals surface area contributed by atoms with Gasteiger partial charge < -0.3 is 10.5 Å². The summed E-state index contributed by atoms with van der Waals surface area (Å²) in [5, 5.41) is 8.34. The summed E-state index contributed by atoms with van der Waals surface area (Å²) in [5.74, 6) is 0.704. The third-order valence-corrected chi connectivity index (χ3v) is 2.41. The number of unbranched alkanes of at least 4 members (excludes halogenated alkanes) is 2. The number of benzene rings is 1. The smallest absolute Gasteiger partial charge is 0.142 e. The molecule has 3 nitrogen and oxygen atoms in total. The summed E-state index contributed by atoms with van der Waals surface area (Å²) in [6.07, 6.45) is 2.33. The largest absolute Gasteiger partial charge is 0.491 e. The van der Waals surface area contributed by atoms with E-state index in [-0.39, 0.29) is 0 Å². The topological polar surface area (TPSA) is 59.0 Å². The molecule has 0 saturated carbocycles. The predicted molar refractivity (Wildman–Crippen MR) is 63.5 cm³/mol. The molecule has 4 heteroatoms. The van der Waals surface area contributed by atoms with Crippen LogP contribution >= 0.6 is 15.9 Å². The van der Waals surface area contributed by atoms with Gasteiger partial charge in [0.1, 0.15) is 5.75 Å². The minimum atomic E-state index is 0.583. The number of nitrogen functional groups attached to an aromatic ring is 1. The Labute approximate surface area is 98.0 Å². The van der Waals surface area contributed by atoms with Crippen molar-refractivity contribution < 1.29 is 4.74 Å². The third-order valence-electron chi connectivity index (χ3n) is 1.91. The molecule has 2 N–H and O–H groups in total. The number of ether oxygens (including phenoxy) is 1. The van der Waals surface area contributed by atoms with Crippen molar-refractivity contribution in [3.63, 3.8) is 0 Å². The molecule has 0 heterocycles. The molecule has 0 aliphatic rings. The zero-order valence-corrected chi connectivity index (χ0v) is 9.96. The molecule has 1 aromatic rings. The maximum atomic E-state index is 8.34. The number of rotatable bonds is 5. The number of hydrogen-bond acceptors (Lipinski definition) is 3. The lowest BCUT2D eigenvalue weighted by Gasteiger charge is -2.08. The number of anilines is 1. The van der Waals surface area contributed by atoms with E-state index in [1.807, 2.05) is 18.2 Å². The van der Waals surface area contributed by atoms with Gasteiger partial charge in [0.2, 0.25) is 0 Å². The van der Waals surface area contributed by atoms with Crippen LogP contribution in [0.25, 0.3) is 0 Å². The molecule has 0 aliphatic carbocycles. The van der Waals surface area contributed by atoms with Gasteiger partial charge in [0.25, 0.3) is 0 Å². The molecule has 0 amide bonds. The zero-order chi connectivity index (χ0) is 11.1. The normalized spacial score (nSPS) is 9.60. The van der Waals surface area contributed by atoms with Crippen molar-refractivity contribution in [1.82, 2.24) is 0 Å². The Bertz CT molecular complexity index is 360. The van der Waals surface area contributed by atoms with Crippen LogP contribution in [0.5, 0.6) is 5.75 Å². The van der Waals surface area contributed by atoms with Gasteiger partial charge in [-0.3, -0.25) is 0 Å². The first-order chi connectivity index (χ1) is 7.24. The summed E-state index contributed by atoms with van der Waals surface area (Å²) >= 11 is 3.33. The van der Waals surface area contributed by atoms with E-state index >= 15 is 0 Å². The van der Waals surface area contributed by atoms with Crippen molar-refractivity contribution in [2.45, 2.75) is 19.3 Å².